The van der Waals surface area contributed by atoms with Crippen molar-refractivity contribution in [3.05, 3.63) is 11.6 Å². The zero-order valence-electron chi connectivity index (χ0n) is 7.41. The molecule has 0 aromatic heterocycles. The molecule has 0 spiro atoms. The molecule has 0 aliphatic rings. The fourth-order valence-corrected chi connectivity index (χ4v) is 0.757. The van der Waals surface area contributed by atoms with Crippen LogP contribution in [0.4, 0.5) is 0 Å². The third kappa shape index (κ3) is 7.02. The summed E-state index contributed by atoms with van der Waals surface area (Å²) in [5.41, 5.74) is -0.0376. The first-order chi connectivity index (χ1) is 5.57. The van der Waals surface area contributed by atoms with E-state index in [0.29, 0.717) is 12.8 Å². The molecular weight excluding hydrogens is 176 g/mol. The van der Waals surface area contributed by atoms with Gasteiger partial charge in [0.15, 0.2) is 0 Å². The van der Waals surface area contributed by atoms with Crippen LogP contribution in [0.3, 0.4) is 0 Å². The van der Waals surface area contributed by atoms with Crippen molar-refractivity contribution in [2.45, 2.75) is 26.2 Å². The summed E-state index contributed by atoms with van der Waals surface area (Å²) in [6.45, 7) is 1.92. The molecule has 13 heavy (non-hydrogen) atoms. The van der Waals surface area contributed by atoms with E-state index in [9.17, 15) is 9.59 Å². The van der Waals surface area contributed by atoms with Crippen LogP contribution in [-0.4, -0.2) is 27.6 Å². The molecule has 0 aliphatic heterocycles. The van der Waals surface area contributed by atoms with E-state index in [0.717, 1.165) is 12.5 Å². The number of carboxylic acids is 2. The summed E-state index contributed by atoms with van der Waals surface area (Å²) in [6.07, 6.45) is 2.62. The summed E-state index contributed by atoms with van der Waals surface area (Å²) >= 11 is 0. The Morgan fingerprint density at radius 2 is 1.85 bits per heavy atom. The predicted molar refractivity (Wildman–Crippen MR) is 46.5 cm³/mol. The van der Waals surface area contributed by atoms with Gasteiger partial charge in [-0.1, -0.05) is 13.3 Å². The molecule has 0 unspecified atom stereocenters. The Morgan fingerprint density at radius 3 is 2.15 bits per heavy atom. The molecule has 0 saturated heterocycles. The SMILES string of the molecule is CCCC/C(=C/C(=O)O)C(=O)O.O. The second-order valence-corrected chi connectivity index (χ2v) is 2.42. The van der Waals surface area contributed by atoms with Gasteiger partial charge in [-0.15, -0.1) is 0 Å². The van der Waals surface area contributed by atoms with Gasteiger partial charge in [0.25, 0.3) is 0 Å². The molecule has 0 aromatic carbocycles. The first-order valence-electron chi connectivity index (χ1n) is 3.74. The van der Waals surface area contributed by atoms with E-state index < -0.39 is 11.9 Å². The highest BCUT2D eigenvalue weighted by molar-refractivity contribution is 5.94. The average Bonchev–Trinajstić information content (AvgIpc) is 1.96. The lowest BCUT2D eigenvalue weighted by Crippen LogP contribution is -2.03. The molecule has 5 nitrogen and oxygen atoms in total. The van der Waals surface area contributed by atoms with Crippen molar-refractivity contribution >= 4 is 11.9 Å². The van der Waals surface area contributed by atoms with Gasteiger partial charge in [0.05, 0.1) is 0 Å². The molecule has 0 rings (SSSR count). The maximum Gasteiger partial charge on any atom is 0.331 e. The van der Waals surface area contributed by atoms with Gasteiger partial charge in [0.1, 0.15) is 0 Å². The smallest absolute Gasteiger partial charge is 0.331 e. The molecule has 0 saturated carbocycles. The van der Waals surface area contributed by atoms with Crippen molar-refractivity contribution in [3.8, 4) is 0 Å². The quantitative estimate of drug-likeness (QED) is 0.613. The number of carbonyl (C=O) groups is 2. The third-order valence-electron chi connectivity index (χ3n) is 1.37. The van der Waals surface area contributed by atoms with Gasteiger partial charge in [-0.25, -0.2) is 9.59 Å². The molecule has 0 aliphatic carbocycles. The number of hydrogen-bond donors (Lipinski definition) is 2. The molecule has 4 N–H and O–H groups in total. The second-order valence-electron chi connectivity index (χ2n) is 2.42. The minimum Gasteiger partial charge on any atom is -0.478 e. The number of hydrogen-bond acceptors (Lipinski definition) is 2. The van der Waals surface area contributed by atoms with Gasteiger partial charge in [0, 0.05) is 11.6 Å². The van der Waals surface area contributed by atoms with Crippen molar-refractivity contribution in [1.29, 1.82) is 0 Å². The Labute approximate surface area is 76.0 Å². The molecule has 0 radical (unpaired) electrons. The monoisotopic (exact) mass is 190 g/mol. The number of carboxylic acid groups (broad SMARTS) is 2. The largest absolute Gasteiger partial charge is 0.478 e. The van der Waals surface area contributed by atoms with Crippen LogP contribution in [0.1, 0.15) is 26.2 Å². The fraction of sp³-hybridized carbons (Fsp3) is 0.500. The van der Waals surface area contributed by atoms with E-state index in [1.807, 2.05) is 6.92 Å². The Balaban J connectivity index is 0. The summed E-state index contributed by atoms with van der Waals surface area (Å²) in [6, 6.07) is 0. The Morgan fingerprint density at radius 1 is 1.31 bits per heavy atom. The molecule has 5 heteroatoms. The zero-order chi connectivity index (χ0) is 9.56. The molecule has 0 fully saturated rings. The van der Waals surface area contributed by atoms with Gasteiger partial charge in [-0.3, -0.25) is 0 Å². The Kier molecular flexibility index (Phi) is 7.96. The minimum absolute atomic E-state index is 0. The Hall–Kier alpha value is -1.36. The van der Waals surface area contributed by atoms with E-state index in [4.69, 9.17) is 10.2 Å². The predicted octanol–water partition coefficient (Wildman–Crippen LogP) is 0.448. The Bertz CT molecular complexity index is 207. The number of aliphatic carboxylic acids is 2. The minimum atomic E-state index is -1.21. The van der Waals surface area contributed by atoms with E-state index in [1.165, 1.54) is 0 Å². The van der Waals surface area contributed by atoms with Crippen molar-refractivity contribution in [3.63, 3.8) is 0 Å². The summed E-state index contributed by atoms with van der Waals surface area (Å²) in [7, 11) is 0. The summed E-state index contributed by atoms with van der Waals surface area (Å²) in [4.78, 5) is 20.5. The highest BCUT2D eigenvalue weighted by Gasteiger charge is 2.07. The van der Waals surface area contributed by atoms with Crippen LogP contribution in [-0.2, 0) is 9.59 Å². The van der Waals surface area contributed by atoms with Gasteiger partial charge in [-0.2, -0.15) is 0 Å². The van der Waals surface area contributed by atoms with Crippen LogP contribution in [0.5, 0.6) is 0 Å². The second kappa shape index (κ2) is 7.30. The van der Waals surface area contributed by atoms with Crippen LogP contribution in [0.25, 0.3) is 0 Å². The number of unbranched alkanes of at least 4 members (excludes halogenated alkanes) is 1. The van der Waals surface area contributed by atoms with E-state index in [-0.39, 0.29) is 11.0 Å². The molecule has 0 heterocycles. The average molecular weight is 190 g/mol. The molecule has 0 bridgehead atoms. The maximum atomic E-state index is 10.4. The van der Waals surface area contributed by atoms with Crippen molar-refractivity contribution in [2.24, 2.45) is 0 Å². The molecular formula is C8H14O5. The van der Waals surface area contributed by atoms with Gasteiger partial charge < -0.3 is 15.7 Å². The standard InChI is InChI=1S/C8H12O4.H2O/c1-2-3-4-6(8(11)12)5-7(9)10;/h5H,2-4H2,1H3,(H,9,10)(H,11,12);1H2/b6-5-;. The molecule has 0 amide bonds. The first kappa shape index (κ1) is 14.2. The summed E-state index contributed by atoms with van der Waals surface area (Å²) < 4.78 is 0. The van der Waals surface area contributed by atoms with Crippen LogP contribution < -0.4 is 0 Å². The maximum absolute atomic E-state index is 10.4. The third-order valence-corrected chi connectivity index (χ3v) is 1.37. The van der Waals surface area contributed by atoms with Crippen LogP contribution in [0, 0.1) is 0 Å². The van der Waals surface area contributed by atoms with Gasteiger partial charge >= 0.3 is 11.9 Å². The zero-order valence-corrected chi connectivity index (χ0v) is 7.41. The highest BCUT2D eigenvalue weighted by atomic mass is 16.4. The fourth-order valence-electron chi connectivity index (χ4n) is 0.757. The van der Waals surface area contributed by atoms with E-state index in [1.54, 1.807) is 0 Å². The van der Waals surface area contributed by atoms with Crippen LogP contribution in [0.2, 0.25) is 0 Å². The van der Waals surface area contributed by atoms with E-state index >= 15 is 0 Å². The van der Waals surface area contributed by atoms with Gasteiger partial charge in [-0.05, 0) is 12.8 Å². The number of rotatable bonds is 5. The lowest BCUT2D eigenvalue weighted by atomic mass is 10.1. The lowest BCUT2D eigenvalue weighted by molar-refractivity contribution is -0.135. The van der Waals surface area contributed by atoms with E-state index in [2.05, 4.69) is 0 Å². The normalized spacial score (nSPS) is 10.4. The molecule has 0 aromatic rings. The van der Waals surface area contributed by atoms with Crippen LogP contribution >= 0.6 is 0 Å². The van der Waals surface area contributed by atoms with Crippen molar-refractivity contribution in [2.75, 3.05) is 0 Å². The van der Waals surface area contributed by atoms with Crippen LogP contribution in [0.15, 0.2) is 11.6 Å². The lowest BCUT2D eigenvalue weighted by Gasteiger charge is -1.97. The molecule has 0 atom stereocenters. The van der Waals surface area contributed by atoms with Gasteiger partial charge in [0.2, 0.25) is 0 Å². The molecule has 76 valence electrons. The highest BCUT2D eigenvalue weighted by Crippen LogP contribution is 2.06. The van der Waals surface area contributed by atoms with Crippen molar-refractivity contribution in [1.82, 2.24) is 0 Å². The summed E-state index contributed by atoms with van der Waals surface area (Å²) in [5, 5.41) is 16.8. The first-order valence-corrected chi connectivity index (χ1v) is 3.74. The summed E-state index contributed by atoms with van der Waals surface area (Å²) in [5.74, 6) is -2.35. The van der Waals surface area contributed by atoms with Crippen molar-refractivity contribution < 1.29 is 25.3 Å². The topological polar surface area (TPSA) is 106 Å².